The molecule has 0 aliphatic rings. The summed E-state index contributed by atoms with van der Waals surface area (Å²) in [7, 11) is -2.30. The second kappa shape index (κ2) is 5.50. The Labute approximate surface area is 110 Å². The molecule has 0 aliphatic heterocycles. The second-order valence-electron chi connectivity index (χ2n) is 6.09. The van der Waals surface area contributed by atoms with Crippen LogP contribution >= 0.6 is 0 Å². The van der Waals surface area contributed by atoms with Gasteiger partial charge >= 0.3 is 0 Å². The van der Waals surface area contributed by atoms with Crippen molar-refractivity contribution in [3.05, 3.63) is 41.6 Å². The molecule has 0 N–H and O–H groups in total. The fourth-order valence-electron chi connectivity index (χ4n) is 1.72. The molecule has 0 saturated heterocycles. The summed E-state index contributed by atoms with van der Waals surface area (Å²) in [6.45, 7) is 15.3. The van der Waals surface area contributed by atoms with Crippen LogP contribution in [0.25, 0.3) is 6.08 Å². The van der Waals surface area contributed by atoms with E-state index in [4.69, 9.17) is 0 Å². The quantitative estimate of drug-likeness (QED) is 0.707. The van der Waals surface area contributed by atoms with Gasteiger partial charge in [0.05, 0.1) is 7.59 Å². The summed E-state index contributed by atoms with van der Waals surface area (Å²) >= 11 is 0. The van der Waals surface area contributed by atoms with Gasteiger partial charge < -0.3 is 0 Å². The van der Waals surface area contributed by atoms with Crippen molar-refractivity contribution in [3.8, 4) is 0 Å². The first-order chi connectivity index (χ1) is 7.77. The lowest BCUT2D eigenvalue weighted by Gasteiger charge is -2.39. The summed E-state index contributed by atoms with van der Waals surface area (Å²) in [4.78, 5) is 0. The molecule has 0 bridgehead atoms. The molecule has 0 unspecified atom stereocenters. The Hall–Kier alpha value is -0.389. The molecular weight excluding hydrogens is 252 g/mol. The van der Waals surface area contributed by atoms with Crippen molar-refractivity contribution >= 4 is 29.1 Å². The number of hydrogen-bond donors (Lipinski definition) is 0. The average Bonchev–Trinajstić information content (AvgIpc) is 2.27. The van der Waals surface area contributed by atoms with Crippen LogP contribution in [0.1, 0.15) is 5.56 Å². The lowest BCUT2D eigenvalue weighted by molar-refractivity contribution is 1.66. The molecule has 1 radical (unpaired) electrons. The Morgan fingerprint density at radius 3 is 1.94 bits per heavy atom. The average molecular weight is 278 g/mol. The summed E-state index contributed by atoms with van der Waals surface area (Å²) in [5.74, 6) is 0. The van der Waals surface area contributed by atoms with Gasteiger partial charge in [-0.25, -0.2) is 0 Å². The van der Waals surface area contributed by atoms with Crippen molar-refractivity contribution in [1.82, 2.24) is 0 Å². The lowest BCUT2D eigenvalue weighted by Crippen LogP contribution is -2.62. The third kappa shape index (κ3) is 3.53. The first-order valence-corrected chi connectivity index (χ1v) is 16.9. The van der Waals surface area contributed by atoms with E-state index < -0.39 is 14.7 Å². The van der Waals surface area contributed by atoms with E-state index in [1.807, 2.05) is 0 Å². The Morgan fingerprint density at radius 1 is 0.941 bits per heavy atom. The second-order valence-corrected chi connectivity index (χ2v) is 31.0. The van der Waals surface area contributed by atoms with E-state index in [0.29, 0.717) is 0 Å². The van der Waals surface area contributed by atoms with Crippen LogP contribution < -0.4 is 0 Å². The zero-order valence-corrected chi connectivity index (χ0v) is 15.0. The first-order valence-electron chi connectivity index (χ1n) is 6.32. The van der Waals surface area contributed by atoms with Gasteiger partial charge in [0, 0.05) is 15.4 Å². The van der Waals surface area contributed by atoms with Gasteiger partial charge in [-0.3, -0.25) is 0 Å². The summed E-state index contributed by atoms with van der Waals surface area (Å²) in [6, 6.07) is 10.7. The molecule has 0 saturated carbocycles. The largest absolute Gasteiger partial charge is 0.0967 e. The van der Waals surface area contributed by atoms with Crippen molar-refractivity contribution in [2.24, 2.45) is 0 Å². The van der Waals surface area contributed by atoms with Crippen LogP contribution in [0.5, 0.6) is 0 Å². The molecular formula is C14H25Si3. The maximum atomic E-state index is 2.60. The van der Waals surface area contributed by atoms with E-state index in [1.54, 1.807) is 0 Å². The van der Waals surface area contributed by atoms with Crippen LogP contribution in [0.2, 0.25) is 39.3 Å². The molecule has 0 amide bonds. The molecule has 0 heterocycles. The highest BCUT2D eigenvalue weighted by atomic mass is 29.6. The van der Waals surface area contributed by atoms with Crippen LogP contribution in [0, 0.1) is 0 Å². The molecule has 93 valence electrons. The molecule has 1 aromatic carbocycles. The lowest BCUT2D eigenvalue weighted by atomic mass is 10.2. The molecule has 0 aliphatic carbocycles. The van der Waals surface area contributed by atoms with Crippen LogP contribution in [0.3, 0.4) is 0 Å². The third-order valence-corrected chi connectivity index (χ3v) is 39.0. The van der Waals surface area contributed by atoms with E-state index in [0.717, 1.165) is 0 Å². The monoisotopic (exact) mass is 277 g/mol. The van der Waals surface area contributed by atoms with Crippen molar-refractivity contribution in [2.75, 3.05) is 0 Å². The summed E-state index contributed by atoms with van der Waals surface area (Å²) in [5, 5.41) is 0. The molecule has 17 heavy (non-hydrogen) atoms. The Kier molecular flexibility index (Phi) is 4.75. The molecule has 0 nitrogen and oxygen atoms in total. The SMILES string of the molecule is C[Si](C)[Si](C)(C)[Si](C)(C)/C=C/c1ccccc1. The smallest absolute Gasteiger partial charge is 0.0620 e. The zero-order valence-electron chi connectivity index (χ0n) is 12.0. The van der Waals surface area contributed by atoms with Gasteiger partial charge in [0.15, 0.2) is 0 Å². The molecule has 0 spiro atoms. The Balaban J connectivity index is 2.90. The summed E-state index contributed by atoms with van der Waals surface area (Å²) in [5.41, 5.74) is 3.92. The van der Waals surface area contributed by atoms with Gasteiger partial charge in [0.1, 0.15) is 0 Å². The predicted octanol–water partition coefficient (Wildman–Crippen LogP) is 4.57. The standard InChI is InChI=1S/C14H25Si3/c1-15(2)17(5,6)16(3,4)13-12-14-10-8-7-9-11-14/h7-13H,1-6H3/b13-12+. The normalized spacial score (nSPS) is 13.6. The van der Waals surface area contributed by atoms with Crippen LogP contribution in [-0.2, 0) is 0 Å². The number of benzene rings is 1. The van der Waals surface area contributed by atoms with Gasteiger partial charge in [-0.2, -0.15) is 0 Å². The van der Waals surface area contributed by atoms with Crippen molar-refractivity contribution < 1.29 is 0 Å². The molecule has 0 aromatic heterocycles. The van der Waals surface area contributed by atoms with Gasteiger partial charge in [-0.05, 0) is 5.56 Å². The minimum Gasteiger partial charge on any atom is -0.0967 e. The van der Waals surface area contributed by atoms with Crippen molar-refractivity contribution in [2.45, 2.75) is 39.3 Å². The molecule has 1 rings (SSSR count). The molecule has 3 heteroatoms. The minimum absolute atomic E-state index is 0.122. The third-order valence-electron chi connectivity index (χ3n) is 4.35. The highest BCUT2D eigenvalue weighted by Gasteiger charge is 2.41. The molecule has 0 atom stereocenters. The maximum absolute atomic E-state index is 2.60. The van der Waals surface area contributed by atoms with Gasteiger partial charge in [0.25, 0.3) is 0 Å². The first kappa shape index (κ1) is 14.7. The fourth-order valence-corrected chi connectivity index (χ4v) is 21.7. The van der Waals surface area contributed by atoms with Crippen LogP contribution in [-0.4, -0.2) is 23.0 Å². The molecule has 1 aromatic rings. The predicted molar refractivity (Wildman–Crippen MR) is 87.9 cm³/mol. The van der Waals surface area contributed by atoms with Crippen LogP contribution in [0.15, 0.2) is 36.0 Å². The van der Waals surface area contributed by atoms with Crippen molar-refractivity contribution in [3.63, 3.8) is 0 Å². The van der Waals surface area contributed by atoms with Crippen molar-refractivity contribution in [1.29, 1.82) is 0 Å². The summed E-state index contributed by atoms with van der Waals surface area (Å²) < 4.78 is 0. The van der Waals surface area contributed by atoms with E-state index in [1.165, 1.54) is 5.56 Å². The zero-order chi connectivity index (χ0) is 13.1. The number of hydrogen-bond acceptors (Lipinski definition) is 0. The Bertz CT molecular complexity index is 378. The topological polar surface area (TPSA) is 0 Å². The minimum atomic E-state index is -1.17. The Morgan fingerprint density at radius 2 is 1.47 bits per heavy atom. The van der Waals surface area contributed by atoms with E-state index in [-0.39, 0.29) is 8.31 Å². The summed E-state index contributed by atoms with van der Waals surface area (Å²) in [6.07, 6.45) is 2.35. The molecule has 0 fully saturated rings. The van der Waals surface area contributed by atoms with E-state index in [2.05, 4.69) is 81.4 Å². The maximum Gasteiger partial charge on any atom is 0.0620 e. The number of rotatable bonds is 4. The highest BCUT2D eigenvalue weighted by Crippen LogP contribution is 2.24. The van der Waals surface area contributed by atoms with E-state index >= 15 is 0 Å². The van der Waals surface area contributed by atoms with Crippen LogP contribution in [0.4, 0.5) is 0 Å². The van der Waals surface area contributed by atoms with Gasteiger partial charge in [-0.15, -0.1) is 0 Å². The van der Waals surface area contributed by atoms with E-state index in [9.17, 15) is 0 Å². The highest BCUT2D eigenvalue weighted by molar-refractivity contribution is 7.65. The van der Waals surface area contributed by atoms with Gasteiger partial charge in [-0.1, -0.05) is 81.4 Å². The van der Waals surface area contributed by atoms with Gasteiger partial charge in [0.2, 0.25) is 0 Å². The fraction of sp³-hybridized carbons (Fsp3) is 0.429.